The van der Waals surface area contributed by atoms with E-state index in [1.807, 2.05) is 36.4 Å². The van der Waals surface area contributed by atoms with E-state index in [0.717, 1.165) is 66.6 Å². The Bertz CT molecular complexity index is 2650. The number of aromatic nitrogens is 4. The number of hydrogen-bond donors (Lipinski definition) is 4. The third-order valence-corrected chi connectivity index (χ3v) is 10.8. The average Bonchev–Trinajstić information content (AvgIpc) is 3.68. The van der Waals surface area contributed by atoms with E-state index in [1.54, 1.807) is 36.4 Å². The molecule has 9 rings (SSSR count). The number of ether oxygens (including phenoxy) is 2. The zero-order valence-corrected chi connectivity index (χ0v) is 34.1. The molecule has 1 fully saturated rings. The molecule has 0 atom stereocenters. The number of nitrogens with zero attached hydrogens (tertiary/aromatic N) is 4. The van der Waals surface area contributed by atoms with Gasteiger partial charge in [0.25, 0.3) is 0 Å². The molecular weight excluding hydrogens is 815 g/mol. The molecule has 6 aromatic rings. The zero-order chi connectivity index (χ0) is 43.1. The molecule has 0 bridgehead atoms. The molecule has 4 aromatic carbocycles. The van der Waals surface area contributed by atoms with Gasteiger partial charge in [-0.15, -0.1) is 0 Å². The summed E-state index contributed by atoms with van der Waals surface area (Å²) in [6.07, 6.45) is 9.27. The van der Waals surface area contributed by atoms with Gasteiger partial charge in [-0.1, -0.05) is 48.5 Å². The topological polar surface area (TPSA) is 169 Å². The van der Waals surface area contributed by atoms with Crippen molar-refractivity contribution in [2.75, 3.05) is 16.0 Å². The molecule has 13 nitrogen and oxygen atoms in total. The summed E-state index contributed by atoms with van der Waals surface area (Å²) in [4.78, 5) is 54.3. The first-order valence-electron chi connectivity index (χ1n) is 20.1. The highest BCUT2D eigenvalue weighted by Gasteiger charge is 2.56. The predicted molar refractivity (Wildman–Crippen MR) is 231 cm³/mol. The number of para-hydroxylation sites is 1. The van der Waals surface area contributed by atoms with Gasteiger partial charge in [-0.3, -0.25) is 14.4 Å². The number of carbonyl (C=O) groups excluding carboxylic acids is 3. The van der Waals surface area contributed by atoms with Crippen LogP contribution in [0.1, 0.15) is 53.8 Å². The summed E-state index contributed by atoms with van der Waals surface area (Å²) < 4.78 is 40.6. The van der Waals surface area contributed by atoms with Crippen molar-refractivity contribution in [1.29, 1.82) is 0 Å². The number of carbonyl (C=O) groups is 3. The van der Waals surface area contributed by atoms with Crippen molar-refractivity contribution < 1.29 is 32.6 Å². The SMILES string of the molecule is O=C(Cc1ccccc1)NC(=S)Nc1ccc(Oc2ncnc3c2CCC3)c(F)c1.O=C(Nc1ccccc1)C1(C(=O)Nc2ccc(Oc3ncnc4c3CCC4)c(F)c2)CC1. The molecule has 0 aliphatic heterocycles. The van der Waals surface area contributed by atoms with Gasteiger partial charge in [0.05, 0.1) is 17.8 Å². The number of aryl methyl sites for hydroxylation is 2. The van der Waals surface area contributed by atoms with E-state index < -0.39 is 23.0 Å². The van der Waals surface area contributed by atoms with E-state index >= 15 is 0 Å². The van der Waals surface area contributed by atoms with Crippen LogP contribution in [0, 0.1) is 17.0 Å². The zero-order valence-electron chi connectivity index (χ0n) is 33.3. The normalized spacial score (nSPS) is 13.9. The summed E-state index contributed by atoms with van der Waals surface area (Å²) >= 11 is 5.15. The Morgan fingerprint density at radius 2 is 1.11 bits per heavy atom. The molecule has 0 unspecified atom stereocenters. The number of hydrogen-bond acceptors (Lipinski definition) is 10. The lowest BCUT2D eigenvalue weighted by atomic mass is 10.0. The van der Waals surface area contributed by atoms with Crippen LogP contribution in [-0.4, -0.2) is 42.8 Å². The molecule has 0 spiro atoms. The molecule has 16 heteroatoms. The summed E-state index contributed by atoms with van der Waals surface area (Å²) in [5.74, 6) is -1.44. The van der Waals surface area contributed by atoms with Gasteiger partial charge in [0, 0.05) is 40.3 Å². The molecule has 3 aliphatic carbocycles. The van der Waals surface area contributed by atoms with E-state index in [9.17, 15) is 23.2 Å². The Kier molecular flexibility index (Phi) is 12.5. The van der Waals surface area contributed by atoms with Gasteiger partial charge in [0.15, 0.2) is 28.2 Å². The van der Waals surface area contributed by atoms with Crippen LogP contribution in [0.2, 0.25) is 0 Å². The van der Waals surface area contributed by atoms with Gasteiger partial charge in [-0.25, -0.2) is 28.7 Å². The molecule has 2 heterocycles. The minimum atomic E-state index is -1.14. The second-order valence-electron chi connectivity index (χ2n) is 14.9. The van der Waals surface area contributed by atoms with Crippen LogP contribution < -0.4 is 30.7 Å². The monoisotopic (exact) mass is 854 g/mol. The smallest absolute Gasteiger partial charge is 0.240 e. The van der Waals surface area contributed by atoms with Crippen molar-refractivity contribution in [2.45, 2.75) is 57.8 Å². The van der Waals surface area contributed by atoms with Gasteiger partial charge >= 0.3 is 0 Å². The van der Waals surface area contributed by atoms with Crippen LogP contribution in [0.15, 0.2) is 110 Å². The van der Waals surface area contributed by atoms with Gasteiger partial charge in [-0.05, 0) is 106 Å². The molecule has 4 N–H and O–H groups in total. The van der Waals surface area contributed by atoms with Gasteiger partial charge < -0.3 is 30.7 Å². The third kappa shape index (κ3) is 9.87. The van der Waals surface area contributed by atoms with Crippen LogP contribution in [-0.2, 0) is 46.5 Å². The Labute approximate surface area is 360 Å². The highest BCUT2D eigenvalue weighted by atomic mass is 32.1. The first kappa shape index (κ1) is 41.5. The van der Waals surface area contributed by atoms with Crippen molar-refractivity contribution in [1.82, 2.24) is 25.3 Å². The molecule has 62 heavy (non-hydrogen) atoms. The maximum absolute atomic E-state index is 14.7. The van der Waals surface area contributed by atoms with Crippen LogP contribution in [0.25, 0.3) is 0 Å². The van der Waals surface area contributed by atoms with Crippen LogP contribution >= 0.6 is 12.2 Å². The van der Waals surface area contributed by atoms with E-state index in [0.29, 0.717) is 36.0 Å². The van der Waals surface area contributed by atoms with Crippen molar-refractivity contribution in [3.8, 4) is 23.3 Å². The lowest BCUT2D eigenvalue weighted by Gasteiger charge is -2.16. The van der Waals surface area contributed by atoms with Crippen molar-refractivity contribution in [2.24, 2.45) is 5.41 Å². The molecule has 3 amide bonds. The lowest BCUT2D eigenvalue weighted by Crippen LogP contribution is -2.35. The van der Waals surface area contributed by atoms with Gasteiger partial charge in [0.1, 0.15) is 18.1 Å². The molecule has 2 aromatic heterocycles. The predicted octanol–water partition coefficient (Wildman–Crippen LogP) is 8.21. The Balaban J connectivity index is 0.000000171. The van der Waals surface area contributed by atoms with Gasteiger partial charge in [-0.2, -0.15) is 0 Å². The van der Waals surface area contributed by atoms with E-state index in [2.05, 4.69) is 41.2 Å². The van der Waals surface area contributed by atoms with Gasteiger partial charge in [0.2, 0.25) is 29.5 Å². The first-order valence-corrected chi connectivity index (χ1v) is 20.5. The summed E-state index contributed by atoms with van der Waals surface area (Å²) in [7, 11) is 0. The number of thiocarbonyl (C=S) groups is 1. The largest absolute Gasteiger partial charge is 0.436 e. The quantitative estimate of drug-likeness (QED) is 0.0732. The van der Waals surface area contributed by atoms with Crippen LogP contribution in [0.3, 0.4) is 0 Å². The fourth-order valence-corrected chi connectivity index (χ4v) is 7.42. The number of anilines is 3. The minimum Gasteiger partial charge on any atom is -0.436 e. The molecule has 0 saturated heterocycles. The summed E-state index contributed by atoms with van der Waals surface area (Å²) in [6, 6.07) is 26.8. The second kappa shape index (κ2) is 18.6. The van der Waals surface area contributed by atoms with E-state index in [-0.39, 0.29) is 40.5 Å². The lowest BCUT2D eigenvalue weighted by molar-refractivity contribution is -0.131. The number of nitrogens with one attached hydrogen (secondary N) is 4. The third-order valence-electron chi connectivity index (χ3n) is 10.6. The Hall–Kier alpha value is -7.20. The molecular formula is C46H40F2N8O5S. The molecule has 3 aliphatic rings. The fourth-order valence-electron chi connectivity index (χ4n) is 7.19. The summed E-state index contributed by atoms with van der Waals surface area (Å²) in [6.45, 7) is 0. The number of amides is 3. The number of fused-ring (bicyclic) bond motifs is 2. The van der Waals surface area contributed by atoms with Crippen molar-refractivity contribution in [3.63, 3.8) is 0 Å². The first-order chi connectivity index (χ1) is 30.1. The highest BCUT2D eigenvalue weighted by molar-refractivity contribution is 7.80. The Morgan fingerprint density at radius 3 is 1.63 bits per heavy atom. The maximum Gasteiger partial charge on any atom is 0.240 e. The standard InChI is InChI=1S/C24H21FN4O3.C22H19FN4O2S/c25-18-13-16(9-10-20(18)32-21-17-7-4-8-19(17)26-14-27-21)29-23(31)24(11-12-24)22(30)28-15-5-2-1-3-6-15;23-17-12-15(26-22(30)27-20(28)11-14-5-2-1-3-6-14)9-10-19(17)29-21-16-7-4-8-18(16)24-13-25-21/h1-3,5-6,9-10,13-14H,4,7-8,11-12H2,(H,28,30)(H,29,31);1-3,5-6,9-10,12-13H,4,7-8,11H2,(H2,26,27,28,30). The summed E-state index contributed by atoms with van der Waals surface area (Å²) in [5, 5.41) is 10.9. The van der Waals surface area contributed by atoms with Crippen LogP contribution in [0.5, 0.6) is 23.3 Å². The Morgan fingerprint density at radius 1 is 0.613 bits per heavy atom. The summed E-state index contributed by atoms with van der Waals surface area (Å²) in [5.41, 5.74) is 4.75. The molecule has 1 saturated carbocycles. The number of benzene rings is 4. The highest BCUT2D eigenvalue weighted by Crippen LogP contribution is 2.47. The fraction of sp³-hybridized carbons (Fsp3) is 0.217. The van der Waals surface area contributed by atoms with E-state index in [1.165, 1.54) is 36.9 Å². The minimum absolute atomic E-state index is 0.0127. The molecule has 0 radical (unpaired) electrons. The second-order valence-corrected chi connectivity index (χ2v) is 15.3. The van der Waals surface area contributed by atoms with Crippen molar-refractivity contribution in [3.05, 3.63) is 149 Å². The van der Waals surface area contributed by atoms with Crippen LogP contribution in [0.4, 0.5) is 25.8 Å². The van der Waals surface area contributed by atoms with Crippen molar-refractivity contribution >= 4 is 52.1 Å². The maximum atomic E-state index is 14.7. The molecule has 314 valence electrons. The number of rotatable bonds is 11. The average molecular weight is 855 g/mol. The number of halogens is 2. The van der Waals surface area contributed by atoms with E-state index in [4.69, 9.17) is 21.7 Å².